The van der Waals surface area contributed by atoms with E-state index in [1.807, 2.05) is 31.2 Å². The van der Waals surface area contributed by atoms with Crippen molar-refractivity contribution in [3.05, 3.63) is 35.0 Å². The number of nitrogens with zero attached hydrogens (tertiary/aromatic N) is 3. The molecule has 0 aliphatic carbocycles. The first-order chi connectivity index (χ1) is 6.68. The van der Waals surface area contributed by atoms with Crippen LogP contribution >= 0.6 is 11.6 Å². The Hall–Kier alpha value is -1.55. The highest BCUT2D eigenvalue weighted by atomic mass is 35.5. The second-order valence-electron chi connectivity index (χ2n) is 2.95. The first-order valence-electron chi connectivity index (χ1n) is 4.13. The maximum atomic E-state index is 5.71. The van der Waals surface area contributed by atoms with E-state index in [4.69, 9.17) is 17.3 Å². The monoisotopic (exact) mass is 208 g/mol. The Morgan fingerprint density at radius 1 is 1.29 bits per heavy atom. The molecule has 0 aliphatic heterocycles. The van der Waals surface area contributed by atoms with Crippen molar-refractivity contribution in [1.82, 2.24) is 15.0 Å². The van der Waals surface area contributed by atoms with Crippen LogP contribution in [-0.4, -0.2) is 15.0 Å². The Kier molecular flexibility index (Phi) is 2.13. The minimum atomic E-state index is 0.230. The summed E-state index contributed by atoms with van der Waals surface area (Å²) in [5, 5.41) is 8.21. The number of hydrogen-bond donors (Lipinski definition) is 1. The van der Waals surface area contributed by atoms with Crippen LogP contribution in [0.1, 0.15) is 5.56 Å². The van der Waals surface area contributed by atoms with Gasteiger partial charge in [-0.05, 0) is 18.6 Å². The highest BCUT2D eigenvalue weighted by Crippen LogP contribution is 2.16. The van der Waals surface area contributed by atoms with Crippen molar-refractivity contribution < 1.29 is 0 Å². The summed E-state index contributed by atoms with van der Waals surface area (Å²) >= 11 is 5.71. The largest absolute Gasteiger partial charge is 0.380 e. The number of halogens is 1. The molecule has 0 radical (unpaired) electrons. The molecule has 0 bridgehead atoms. The van der Waals surface area contributed by atoms with E-state index in [1.54, 1.807) is 0 Å². The number of anilines is 1. The summed E-state index contributed by atoms with van der Waals surface area (Å²) in [4.78, 5) is 1.44. The lowest BCUT2D eigenvalue weighted by molar-refractivity contribution is 0.750. The molecule has 1 aromatic carbocycles. The van der Waals surface area contributed by atoms with Crippen LogP contribution in [0.25, 0.3) is 5.69 Å². The van der Waals surface area contributed by atoms with Crippen LogP contribution in [0, 0.1) is 6.92 Å². The average Bonchev–Trinajstić information content (AvgIpc) is 2.48. The van der Waals surface area contributed by atoms with Gasteiger partial charge < -0.3 is 5.73 Å². The summed E-state index contributed by atoms with van der Waals surface area (Å²) in [5.74, 6) is 0.245. The third kappa shape index (κ3) is 1.44. The van der Waals surface area contributed by atoms with Crippen LogP contribution < -0.4 is 5.73 Å². The molecule has 0 unspecified atom stereocenters. The SMILES string of the molecule is Cc1ccccc1-n1nc(N)c(Cl)n1. The summed E-state index contributed by atoms with van der Waals surface area (Å²) in [6.07, 6.45) is 0. The van der Waals surface area contributed by atoms with Gasteiger partial charge in [0.1, 0.15) is 0 Å². The molecular weight excluding hydrogens is 200 g/mol. The molecule has 1 heterocycles. The van der Waals surface area contributed by atoms with Crippen LogP contribution in [0.15, 0.2) is 24.3 Å². The maximum Gasteiger partial charge on any atom is 0.195 e. The van der Waals surface area contributed by atoms with Crippen molar-refractivity contribution >= 4 is 17.4 Å². The lowest BCUT2D eigenvalue weighted by atomic mass is 10.2. The van der Waals surface area contributed by atoms with E-state index < -0.39 is 0 Å². The van der Waals surface area contributed by atoms with Gasteiger partial charge in [-0.1, -0.05) is 29.8 Å². The molecule has 2 rings (SSSR count). The lowest BCUT2D eigenvalue weighted by Crippen LogP contribution is -2.01. The first kappa shape index (κ1) is 9.02. The quantitative estimate of drug-likeness (QED) is 0.778. The summed E-state index contributed by atoms with van der Waals surface area (Å²) in [6, 6.07) is 7.75. The van der Waals surface area contributed by atoms with Crippen LogP contribution in [0.3, 0.4) is 0 Å². The topological polar surface area (TPSA) is 56.7 Å². The van der Waals surface area contributed by atoms with Crippen LogP contribution in [-0.2, 0) is 0 Å². The zero-order valence-corrected chi connectivity index (χ0v) is 8.36. The normalized spacial score (nSPS) is 10.4. The van der Waals surface area contributed by atoms with E-state index in [1.165, 1.54) is 4.80 Å². The number of rotatable bonds is 1. The Morgan fingerprint density at radius 3 is 2.57 bits per heavy atom. The molecule has 0 saturated carbocycles. The van der Waals surface area contributed by atoms with Gasteiger partial charge in [-0.15, -0.1) is 15.0 Å². The van der Waals surface area contributed by atoms with Gasteiger partial charge in [0.2, 0.25) is 0 Å². The van der Waals surface area contributed by atoms with Gasteiger partial charge in [-0.3, -0.25) is 0 Å². The van der Waals surface area contributed by atoms with Crippen molar-refractivity contribution in [2.75, 3.05) is 5.73 Å². The minimum absolute atomic E-state index is 0.230. The molecule has 1 aromatic heterocycles. The zero-order valence-electron chi connectivity index (χ0n) is 7.61. The number of hydrogen-bond acceptors (Lipinski definition) is 3. The number of benzene rings is 1. The van der Waals surface area contributed by atoms with Crippen molar-refractivity contribution in [3.63, 3.8) is 0 Å². The van der Waals surface area contributed by atoms with E-state index >= 15 is 0 Å². The molecule has 0 fully saturated rings. The fourth-order valence-corrected chi connectivity index (χ4v) is 1.31. The van der Waals surface area contributed by atoms with Crippen molar-refractivity contribution in [2.24, 2.45) is 0 Å². The van der Waals surface area contributed by atoms with E-state index in [0.29, 0.717) is 0 Å². The van der Waals surface area contributed by atoms with Gasteiger partial charge in [0.05, 0.1) is 5.69 Å². The molecule has 14 heavy (non-hydrogen) atoms. The summed E-state index contributed by atoms with van der Waals surface area (Å²) in [6.45, 7) is 1.97. The molecule has 4 nitrogen and oxygen atoms in total. The number of para-hydroxylation sites is 1. The van der Waals surface area contributed by atoms with E-state index in [0.717, 1.165) is 11.3 Å². The van der Waals surface area contributed by atoms with Crippen molar-refractivity contribution in [3.8, 4) is 5.69 Å². The number of nitrogens with two attached hydrogens (primary N) is 1. The molecule has 2 N–H and O–H groups in total. The number of aryl methyl sites for hydroxylation is 1. The fourth-order valence-electron chi connectivity index (χ4n) is 1.20. The minimum Gasteiger partial charge on any atom is -0.380 e. The maximum absolute atomic E-state index is 5.71. The molecule has 0 spiro atoms. The highest BCUT2D eigenvalue weighted by Gasteiger charge is 2.07. The van der Waals surface area contributed by atoms with Crippen LogP contribution in [0.5, 0.6) is 0 Å². The van der Waals surface area contributed by atoms with Crippen LogP contribution in [0.2, 0.25) is 5.15 Å². The Balaban J connectivity index is 2.55. The molecule has 2 aromatic rings. The van der Waals surface area contributed by atoms with Crippen LogP contribution in [0.4, 0.5) is 5.82 Å². The predicted molar refractivity (Wildman–Crippen MR) is 55.5 cm³/mol. The molecule has 0 aliphatic rings. The first-order valence-corrected chi connectivity index (χ1v) is 4.50. The second kappa shape index (κ2) is 3.31. The molecule has 0 atom stereocenters. The van der Waals surface area contributed by atoms with Gasteiger partial charge in [0, 0.05) is 0 Å². The van der Waals surface area contributed by atoms with Crippen molar-refractivity contribution in [2.45, 2.75) is 6.92 Å². The highest BCUT2D eigenvalue weighted by molar-refractivity contribution is 6.31. The third-order valence-electron chi connectivity index (χ3n) is 1.93. The predicted octanol–water partition coefficient (Wildman–Crippen LogP) is 1.81. The summed E-state index contributed by atoms with van der Waals surface area (Å²) < 4.78 is 0. The van der Waals surface area contributed by atoms with Gasteiger partial charge >= 0.3 is 0 Å². The Morgan fingerprint density at radius 2 is 2.00 bits per heavy atom. The Labute approximate surface area is 86.3 Å². The molecule has 72 valence electrons. The van der Waals surface area contributed by atoms with Gasteiger partial charge in [-0.25, -0.2) is 0 Å². The molecule has 0 saturated heterocycles. The zero-order chi connectivity index (χ0) is 10.1. The van der Waals surface area contributed by atoms with E-state index in [2.05, 4.69) is 10.2 Å². The van der Waals surface area contributed by atoms with Gasteiger partial charge in [0.15, 0.2) is 11.0 Å². The average molecular weight is 209 g/mol. The number of aromatic nitrogens is 3. The van der Waals surface area contributed by atoms with E-state index in [9.17, 15) is 0 Å². The Bertz CT molecular complexity index is 444. The molecule has 5 heteroatoms. The van der Waals surface area contributed by atoms with Gasteiger partial charge in [-0.2, -0.15) is 0 Å². The lowest BCUT2D eigenvalue weighted by Gasteiger charge is -2.01. The standard InChI is InChI=1S/C9H9ClN4/c1-6-4-2-3-5-7(6)14-12-8(10)9(11)13-14/h2-5H,1H3,(H2,11,13). The smallest absolute Gasteiger partial charge is 0.195 e. The number of nitrogen functional groups attached to an aromatic ring is 1. The fraction of sp³-hybridized carbons (Fsp3) is 0.111. The summed E-state index contributed by atoms with van der Waals surface area (Å²) in [5.41, 5.74) is 7.45. The summed E-state index contributed by atoms with van der Waals surface area (Å²) in [7, 11) is 0. The molecule has 0 amide bonds. The molecular formula is C9H9ClN4. The van der Waals surface area contributed by atoms with Gasteiger partial charge in [0.25, 0.3) is 0 Å². The third-order valence-corrected chi connectivity index (χ3v) is 2.20. The van der Waals surface area contributed by atoms with E-state index in [-0.39, 0.29) is 11.0 Å². The second-order valence-corrected chi connectivity index (χ2v) is 3.31. The van der Waals surface area contributed by atoms with Crippen molar-refractivity contribution in [1.29, 1.82) is 0 Å².